The Labute approximate surface area is 102 Å². The Bertz CT molecular complexity index is 193. The third-order valence-corrected chi connectivity index (χ3v) is 4.87. The van der Waals surface area contributed by atoms with Gasteiger partial charge < -0.3 is 9.33 Å². The summed E-state index contributed by atoms with van der Waals surface area (Å²) in [6.07, 6.45) is 4.27. The van der Waals surface area contributed by atoms with E-state index in [9.17, 15) is 0 Å². The van der Waals surface area contributed by atoms with Crippen LogP contribution < -0.4 is 0 Å². The molecule has 0 bridgehead atoms. The van der Waals surface area contributed by atoms with E-state index in [1.54, 1.807) is 0 Å². The minimum atomic E-state index is -1.45. The lowest BCUT2D eigenvalue weighted by atomic mass is 10.5. The second-order valence-electron chi connectivity index (χ2n) is 5.04. The molecule has 4 heteroatoms. The van der Waals surface area contributed by atoms with Gasteiger partial charge in [0.2, 0.25) is 0 Å². The van der Waals surface area contributed by atoms with Crippen LogP contribution in [0.3, 0.4) is 0 Å². The van der Waals surface area contributed by atoms with Gasteiger partial charge in [0.15, 0.2) is 8.32 Å². The first kappa shape index (κ1) is 15.8. The molecule has 0 aromatic carbocycles. The van der Waals surface area contributed by atoms with Crippen molar-refractivity contribution in [3.8, 4) is 0 Å². The maximum absolute atomic E-state index is 5.98. The Hall–Kier alpha value is -0.193. The van der Waals surface area contributed by atoms with Crippen LogP contribution >= 0.6 is 0 Å². The molecule has 0 amide bonds. The van der Waals surface area contributed by atoms with Crippen LogP contribution in [0.2, 0.25) is 19.1 Å². The van der Waals surface area contributed by atoms with Crippen molar-refractivity contribution in [1.82, 2.24) is 4.90 Å². The van der Waals surface area contributed by atoms with E-state index in [0.717, 1.165) is 32.5 Å². The van der Waals surface area contributed by atoms with Gasteiger partial charge in [0.05, 0.1) is 0 Å². The molecule has 0 heterocycles. The van der Waals surface area contributed by atoms with Crippen LogP contribution in [0.1, 0.15) is 19.8 Å². The van der Waals surface area contributed by atoms with Crippen LogP contribution in [0.25, 0.3) is 0 Å². The van der Waals surface area contributed by atoms with Crippen LogP contribution in [0.4, 0.5) is 0 Å². The second-order valence-corrected chi connectivity index (χ2v) is 9.35. The maximum atomic E-state index is 5.98. The normalized spacial score (nSPS) is 12.9. The van der Waals surface area contributed by atoms with Gasteiger partial charge >= 0.3 is 0 Å². The summed E-state index contributed by atoms with van der Waals surface area (Å²) >= 11 is 0. The Balaban J connectivity index is 3.61. The number of rotatable bonds is 9. The first-order chi connectivity index (χ1) is 7.48. The van der Waals surface area contributed by atoms with Crippen LogP contribution in [-0.2, 0) is 4.43 Å². The van der Waals surface area contributed by atoms with Gasteiger partial charge in [-0.1, -0.05) is 6.92 Å². The van der Waals surface area contributed by atoms with Crippen molar-refractivity contribution in [2.45, 2.75) is 38.9 Å². The topological polar surface area (TPSA) is 24.8 Å². The van der Waals surface area contributed by atoms with E-state index in [2.05, 4.69) is 50.2 Å². The zero-order valence-electron chi connectivity index (χ0n) is 11.6. The molecule has 0 aromatic rings. The van der Waals surface area contributed by atoms with E-state index in [1.165, 1.54) is 6.04 Å². The number of likely N-dealkylation sites (N-methyl/N-ethyl adjacent to an activating group) is 1. The third kappa shape index (κ3) is 10.3. The highest BCUT2D eigenvalue weighted by Gasteiger charge is 2.20. The minimum Gasteiger partial charge on any atom is -0.416 e. The molecule has 0 rings (SSSR count). The smallest absolute Gasteiger partial charge is 0.187 e. The molecule has 0 saturated heterocycles. The van der Waals surface area contributed by atoms with Crippen molar-refractivity contribution in [2.24, 2.45) is 4.99 Å². The molecule has 0 aliphatic rings. The van der Waals surface area contributed by atoms with Crippen molar-refractivity contribution in [3.05, 3.63) is 0 Å². The molecule has 0 aromatic heterocycles. The Morgan fingerprint density at radius 1 is 1.31 bits per heavy atom. The average Bonchev–Trinajstić information content (AvgIpc) is 2.16. The summed E-state index contributed by atoms with van der Waals surface area (Å²) in [5.74, 6) is 0. The van der Waals surface area contributed by atoms with E-state index >= 15 is 0 Å². The van der Waals surface area contributed by atoms with Crippen molar-refractivity contribution < 1.29 is 4.43 Å². The Morgan fingerprint density at radius 2 is 2.00 bits per heavy atom. The van der Waals surface area contributed by atoms with Crippen molar-refractivity contribution in [2.75, 3.05) is 33.8 Å². The van der Waals surface area contributed by atoms with Gasteiger partial charge in [0.25, 0.3) is 0 Å². The van der Waals surface area contributed by atoms with Crippen molar-refractivity contribution in [3.63, 3.8) is 0 Å². The molecular weight excluding hydrogens is 216 g/mol. The van der Waals surface area contributed by atoms with Gasteiger partial charge in [-0.05, 0) is 52.3 Å². The number of aliphatic imine (C=N–C) groups is 1. The highest BCUT2D eigenvalue weighted by molar-refractivity contribution is 6.71. The number of nitrogens with zero attached hydrogens (tertiary/aromatic N) is 2. The van der Waals surface area contributed by atoms with Crippen LogP contribution in [-0.4, -0.2) is 53.2 Å². The lowest BCUT2D eigenvalue weighted by molar-refractivity contribution is 0.253. The zero-order chi connectivity index (χ0) is 12.4. The van der Waals surface area contributed by atoms with Gasteiger partial charge in [-0.2, -0.15) is 0 Å². The summed E-state index contributed by atoms with van der Waals surface area (Å²) in [4.78, 5) is 6.49. The molecule has 0 fully saturated rings. The molecule has 0 atom stereocenters. The van der Waals surface area contributed by atoms with Crippen molar-refractivity contribution in [1.29, 1.82) is 0 Å². The third-order valence-electron chi connectivity index (χ3n) is 2.39. The monoisotopic (exact) mass is 244 g/mol. The van der Waals surface area contributed by atoms with Crippen LogP contribution in [0, 0.1) is 0 Å². The lowest BCUT2D eigenvalue weighted by Gasteiger charge is -2.23. The average molecular weight is 244 g/mol. The van der Waals surface area contributed by atoms with Gasteiger partial charge in [0, 0.05) is 19.7 Å². The number of hydrogen-bond donors (Lipinski definition) is 0. The molecule has 3 nitrogen and oxygen atoms in total. The van der Waals surface area contributed by atoms with Crippen molar-refractivity contribution >= 4 is 14.5 Å². The van der Waals surface area contributed by atoms with Gasteiger partial charge in [-0.25, -0.2) is 0 Å². The summed E-state index contributed by atoms with van der Waals surface area (Å²) in [5.41, 5.74) is 0. The molecule has 0 radical (unpaired) electrons. The standard InChI is InChI=1S/C12H28N2OSi/c1-6-8-13-9-7-12-16(4,5)15-11-10-14(2)3/h9H,6-8,10-12H2,1-5H3. The zero-order valence-corrected chi connectivity index (χ0v) is 12.6. The lowest BCUT2D eigenvalue weighted by Crippen LogP contribution is -2.33. The molecular formula is C12H28N2OSi. The predicted octanol–water partition coefficient (Wildman–Crippen LogP) is 2.64. The Morgan fingerprint density at radius 3 is 2.56 bits per heavy atom. The molecule has 0 spiro atoms. The highest BCUT2D eigenvalue weighted by Crippen LogP contribution is 2.12. The molecule has 0 unspecified atom stereocenters. The second kappa shape index (κ2) is 8.90. The van der Waals surface area contributed by atoms with E-state index in [0.29, 0.717) is 0 Å². The number of hydrogen-bond acceptors (Lipinski definition) is 3. The first-order valence-electron chi connectivity index (χ1n) is 6.25. The first-order valence-corrected chi connectivity index (χ1v) is 9.36. The summed E-state index contributed by atoms with van der Waals surface area (Å²) in [5, 5.41) is 0. The van der Waals surface area contributed by atoms with Gasteiger partial charge in [-0.15, -0.1) is 0 Å². The largest absolute Gasteiger partial charge is 0.416 e. The van der Waals surface area contributed by atoms with Gasteiger partial charge in [-0.3, -0.25) is 4.99 Å². The molecule has 96 valence electrons. The van der Waals surface area contributed by atoms with Crippen LogP contribution in [0.15, 0.2) is 4.99 Å². The molecule has 0 aliphatic carbocycles. The van der Waals surface area contributed by atoms with Gasteiger partial charge in [0.1, 0.15) is 0 Å². The molecule has 0 N–H and O–H groups in total. The Kier molecular flexibility index (Phi) is 8.79. The summed E-state index contributed by atoms with van der Waals surface area (Å²) < 4.78 is 5.98. The molecule has 0 aliphatic heterocycles. The summed E-state index contributed by atoms with van der Waals surface area (Å²) in [7, 11) is 2.71. The molecule has 0 saturated carbocycles. The van der Waals surface area contributed by atoms with Crippen LogP contribution in [0.5, 0.6) is 0 Å². The minimum absolute atomic E-state index is 0.859. The quantitative estimate of drug-likeness (QED) is 0.460. The maximum Gasteiger partial charge on any atom is 0.187 e. The highest BCUT2D eigenvalue weighted by atomic mass is 28.4. The fraction of sp³-hybridized carbons (Fsp3) is 0.917. The van der Waals surface area contributed by atoms with E-state index in [4.69, 9.17) is 4.43 Å². The molecule has 16 heavy (non-hydrogen) atoms. The van der Waals surface area contributed by atoms with E-state index in [1.807, 2.05) is 0 Å². The fourth-order valence-corrected chi connectivity index (χ4v) is 2.91. The summed E-state index contributed by atoms with van der Waals surface area (Å²) in [6, 6.07) is 1.17. The predicted molar refractivity (Wildman–Crippen MR) is 75.1 cm³/mol. The van der Waals surface area contributed by atoms with E-state index in [-0.39, 0.29) is 0 Å². The fourth-order valence-electron chi connectivity index (χ4n) is 1.30. The SMILES string of the molecule is CCCN=CCC[Si](C)(C)OCCN(C)C. The summed E-state index contributed by atoms with van der Waals surface area (Å²) in [6.45, 7) is 9.56. The van der Waals surface area contributed by atoms with E-state index < -0.39 is 8.32 Å².